The highest BCUT2D eigenvalue weighted by Gasteiger charge is 2.28. The van der Waals surface area contributed by atoms with E-state index in [2.05, 4.69) is 16.4 Å². The molecule has 1 N–H and O–H groups in total. The van der Waals surface area contributed by atoms with Gasteiger partial charge in [0.05, 0.1) is 16.5 Å². The molecule has 2 aromatic carbocycles. The Morgan fingerprint density at radius 3 is 2.43 bits per heavy atom. The maximum atomic E-state index is 12.5. The van der Waals surface area contributed by atoms with E-state index >= 15 is 0 Å². The topological polar surface area (TPSA) is 79.4 Å². The third kappa shape index (κ3) is 4.09. The molecule has 0 spiro atoms. The monoisotopic (exact) mass is 415 g/mol. The summed E-state index contributed by atoms with van der Waals surface area (Å²) in [6.45, 7) is 0.793. The van der Waals surface area contributed by atoms with Crippen molar-refractivity contribution in [2.24, 2.45) is 5.92 Å². The van der Waals surface area contributed by atoms with Gasteiger partial charge in [-0.3, -0.25) is 4.79 Å². The summed E-state index contributed by atoms with van der Waals surface area (Å²) >= 11 is 1.64. The summed E-state index contributed by atoms with van der Waals surface area (Å²) in [6.07, 6.45) is 2.30. The summed E-state index contributed by atoms with van der Waals surface area (Å²) in [5, 5.41) is 3.90. The number of benzene rings is 2. The maximum absolute atomic E-state index is 12.5. The number of carbonyl (C=O) groups excluding carboxylic acids is 1. The van der Waals surface area contributed by atoms with Crippen LogP contribution in [0.2, 0.25) is 0 Å². The lowest BCUT2D eigenvalue weighted by Gasteiger charge is -2.29. The van der Waals surface area contributed by atoms with Crippen molar-refractivity contribution in [3.63, 3.8) is 0 Å². The minimum Gasteiger partial charge on any atom is -0.326 e. The van der Waals surface area contributed by atoms with Gasteiger partial charge in [-0.15, -0.1) is 11.3 Å². The Labute approximate surface area is 168 Å². The van der Waals surface area contributed by atoms with Gasteiger partial charge in [0.2, 0.25) is 15.9 Å². The van der Waals surface area contributed by atoms with Crippen LogP contribution in [-0.4, -0.2) is 43.0 Å². The Bertz CT molecular complexity index is 1070. The molecular formula is C20H21N3O3S2. The molecule has 1 aliphatic heterocycles. The van der Waals surface area contributed by atoms with Gasteiger partial charge in [-0.1, -0.05) is 12.1 Å². The van der Waals surface area contributed by atoms with E-state index in [0.29, 0.717) is 25.9 Å². The summed E-state index contributed by atoms with van der Waals surface area (Å²) in [5.41, 5.74) is 2.74. The van der Waals surface area contributed by atoms with Gasteiger partial charge in [-0.05, 0) is 49.2 Å². The number of piperidine rings is 1. The summed E-state index contributed by atoms with van der Waals surface area (Å²) < 4.78 is 25.7. The molecule has 0 unspecified atom stereocenters. The average Bonchev–Trinajstić information content (AvgIpc) is 3.12. The van der Waals surface area contributed by atoms with Crippen LogP contribution in [0.15, 0.2) is 48.5 Å². The standard InChI is InChI=1S/C20H21N3O3S2/c1-28(25,26)23-12-10-14(11-13-23)19(24)21-16-8-6-15(7-9-16)20-22-17-4-2-3-5-18(17)27-20/h2-9,14H,10-13H2,1H3,(H,21,24). The van der Waals surface area contributed by atoms with Crippen LogP contribution in [0, 0.1) is 5.92 Å². The lowest BCUT2D eigenvalue weighted by molar-refractivity contribution is -0.120. The highest BCUT2D eigenvalue weighted by Crippen LogP contribution is 2.30. The third-order valence-electron chi connectivity index (χ3n) is 4.99. The predicted octanol–water partition coefficient (Wildman–Crippen LogP) is 3.57. The van der Waals surface area contributed by atoms with E-state index in [9.17, 15) is 13.2 Å². The van der Waals surface area contributed by atoms with Gasteiger partial charge in [0.15, 0.2) is 0 Å². The highest BCUT2D eigenvalue weighted by molar-refractivity contribution is 7.88. The summed E-state index contributed by atoms with van der Waals surface area (Å²) in [6, 6.07) is 15.7. The van der Waals surface area contributed by atoms with Gasteiger partial charge >= 0.3 is 0 Å². The molecular weight excluding hydrogens is 394 g/mol. The molecule has 146 valence electrons. The van der Waals surface area contributed by atoms with E-state index in [1.54, 1.807) is 11.3 Å². The van der Waals surface area contributed by atoms with Gasteiger partial charge < -0.3 is 5.32 Å². The SMILES string of the molecule is CS(=O)(=O)N1CCC(C(=O)Nc2ccc(-c3nc4ccccc4s3)cc2)CC1. The predicted molar refractivity (Wildman–Crippen MR) is 113 cm³/mol. The molecule has 3 aromatic rings. The fourth-order valence-corrected chi connectivity index (χ4v) is 5.23. The van der Waals surface area contributed by atoms with Crippen LogP contribution in [0.4, 0.5) is 5.69 Å². The Kier molecular flexibility index (Phi) is 5.18. The first-order chi connectivity index (χ1) is 13.4. The third-order valence-corrected chi connectivity index (χ3v) is 7.38. The van der Waals surface area contributed by atoms with Gasteiger partial charge in [-0.25, -0.2) is 17.7 Å². The number of fused-ring (bicyclic) bond motifs is 1. The lowest BCUT2D eigenvalue weighted by Crippen LogP contribution is -2.40. The Hall–Kier alpha value is -2.29. The normalized spacial score (nSPS) is 16.3. The fraction of sp³-hybridized carbons (Fsp3) is 0.300. The number of hydrogen-bond donors (Lipinski definition) is 1. The van der Waals surface area contributed by atoms with Gasteiger partial charge in [0, 0.05) is 30.3 Å². The number of anilines is 1. The Balaban J connectivity index is 1.40. The zero-order valence-electron chi connectivity index (χ0n) is 15.5. The van der Waals surface area contributed by atoms with E-state index in [1.807, 2.05) is 42.5 Å². The second-order valence-corrected chi connectivity index (χ2v) is 10.0. The van der Waals surface area contributed by atoms with Crippen molar-refractivity contribution >= 4 is 43.2 Å². The van der Waals surface area contributed by atoms with Crippen molar-refractivity contribution < 1.29 is 13.2 Å². The molecule has 4 rings (SSSR count). The number of aromatic nitrogens is 1. The largest absolute Gasteiger partial charge is 0.326 e. The number of thiazole rings is 1. The van der Waals surface area contributed by atoms with E-state index in [-0.39, 0.29) is 11.8 Å². The smallest absolute Gasteiger partial charge is 0.227 e. The summed E-state index contributed by atoms with van der Waals surface area (Å²) in [7, 11) is -3.18. The highest BCUT2D eigenvalue weighted by atomic mass is 32.2. The number of carbonyl (C=O) groups is 1. The Morgan fingerprint density at radius 1 is 1.11 bits per heavy atom. The first-order valence-electron chi connectivity index (χ1n) is 9.12. The second-order valence-electron chi connectivity index (χ2n) is 6.99. The second kappa shape index (κ2) is 7.62. The fourth-order valence-electron chi connectivity index (χ4n) is 3.39. The van der Waals surface area contributed by atoms with Crippen LogP contribution < -0.4 is 5.32 Å². The van der Waals surface area contributed by atoms with E-state index in [4.69, 9.17) is 0 Å². The van der Waals surface area contributed by atoms with Crippen molar-refractivity contribution in [1.82, 2.24) is 9.29 Å². The number of amides is 1. The van der Waals surface area contributed by atoms with Crippen molar-refractivity contribution in [2.45, 2.75) is 12.8 Å². The van der Waals surface area contributed by atoms with E-state index < -0.39 is 10.0 Å². The molecule has 0 bridgehead atoms. The van der Waals surface area contributed by atoms with Gasteiger partial charge in [0.1, 0.15) is 5.01 Å². The lowest BCUT2D eigenvalue weighted by atomic mass is 9.97. The minimum absolute atomic E-state index is 0.0547. The van der Waals surface area contributed by atoms with Gasteiger partial charge in [0.25, 0.3) is 0 Å². The molecule has 28 heavy (non-hydrogen) atoms. The molecule has 8 heteroatoms. The summed E-state index contributed by atoms with van der Waals surface area (Å²) in [5.74, 6) is -0.220. The molecule has 1 aromatic heterocycles. The molecule has 6 nitrogen and oxygen atoms in total. The zero-order valence-corrected chi connectivity index (χ0v) is 17.1. The minimum atomic E-state index is -3.18. The summed E-state index contributed by atoms with van der Waals surface area (Å²) in [4.78, 5) is 17.2. The quantitative estimate of drug-likeness (QED) is 0.706. The number of nitrogens with zero attached hydrogens (tertiary/aromatic N) is 2. The molecule has 0 atom stereocenters. The average molecular weight is 416 g/mol. The van der Waals surface area contributed by atoms with Crippen LogP contribution >= 0.6 is 11.3 Å². The van der Waals surface area contributed by atoms with E-state index in [1.165, 1.54) is 10.6 Å². The van der Waals surface area contributed by atoms with Crippen LogP contribution in [0.1, 0.15) is 12.8 Å². The van der Waals surface area contributed by atoms with Crippen molar-refractivity contribution in [3.05, 3.63) is 48.5 Å². The number of sulfonamides is 1. The van der Waals surface area contributed by atoms with Crippen molar-refractivity contribution in [3.8, 4) is 10.6 Å². The maximum Gasteiger partial charge on any atom is 0.227 e. The number of hydrogen-bond acceptors (Lipinski definition) is 5. The first-order valence-corrected chi connectivity index (χ1v) is 11.8. The van der Waals surface area contributed by atoms with Crippen molar-refractivity contribution in [2.75, 3.05) is 24.7 Å². The molecule has 1 amide bonds. The molecule has 0 radical (unpaired) electrons. The molecule has 2 heterocycles. The van der Waals surface area contributed by atoms with Crippen LogP contribution in [0.5, 0.6) is 0 Å². The zero-order chi connectivity index (χ0) is 19.7. The molecule has 1 saturated heterocycles. The van der Waals surface area contributed by atoms with Crippen molar-refractivity contribution in [1.29, 1.82) is 0 Å². The Morgan fingerprint density at radius 2 is 1.79 bits per heavy atom. The van der Waals surface area contributed by atoms with E-state index in [0.717, 1.165) is 26.5 Å². The molecule has 1 fully saturated rings. The van der Waals surface area contributed by atoms with Crippen LogP contribution in [0.25, 0.3) is 20.8 Å². The van der Waals surface area contributed by atoms with Gasteiger partial charge in [-0.2, -0.15) is 0 Å². The van der Waals surface area contributed by atoms with Crippen LogP contribution in [0.3, 0.4) is 0 Å². The number of nitrogens with one attached hydrogen (secondary N) is 1. The number of para-hydroxylation sites is 1. The molecule has 0 aliphatic carbocycles. The molecule has 1 aliphatic rings. The molecule has 0 saturated carbocycles. The number of rotatable bonds is 4. The first kappa shape index (κ1) is 19.0. The van der Waals surface area contributed by atoms with Crippen LogP contribution in [-0.2, 0) is 14.8 Å².